The van der Waals surface area contributed by atoms with Crippen molar-refractivity contribution in [1.82, 2.24) is 0 Å². The fraction of sp³-hybridized carbons (Fsp3) is 0.750. The Morgan fingerprint density at radius 1 is 1.27 bits per heavy atom. The Labute approximate surface area is 97.6 Å². The average Bonchev–Trinajstić information content (AvgIpc) is 1.96. The molecule has 2 atom stereocenters. The molecule has 0 amide bonds. The molecular formula is C12H24O2Sn. The Morgan fingerprint density at radius 3 is 2.00 bits per heavy atom. The zero-order valence-corrected chi connectivity index (χ0v) is 13.6. The van der Waals surface area contributed by atoms with Gasteiger partial charge in [-0.05, 0) is 0 Å². The van der Waals surface area contributed by atoms with E-state index in [9.17, 15) is 9.90 Å². The first-order valence-electron chi connectivity index (χ1n) is 5.47. The number of hydrogen-bond donors (Lipinski definition) is 1. The van der Waals surface area contributed by atoms with Crippen LogP contribution in [0.3, 0.4) is 0 Å². The number of allylic oxidation sites excluding steroid dienone is 1. The van der Waals surface area contributed by atoms with Crippen molar-refractivity contribution in [2.75, 3.05) is 0 Å². The van der Waals surface area contributed by atoms with Crippen LogP contribution in [-0.2, 0) is 4.79 Å². The molecule has 0 spiro atoms. The van der Waals surface area contributed by atoms with Crippen LogP contribution in [0, 0.1) is 5.92 Å². The summed E-state index contributed by atoms with van der Waals surface area (Å²) in [5.41, 5.74) is 1.07. The summed E-state index contributed by atoms with van der Waals surface area (Å²) in [6.07, 6.45) is 1.20. The van der Waals surface area contributed by atoms with Crippen LogP contribution < -0.4 is 0 Å². The van der Waals surface area contributed by atoms with Gasteiger partial charge in [0.1, 0.15) is 0 Å². The maximum absolute atomic E-state index is 11.5. The van der Waals surface area contributed by atoms with Crippen LogP contribution in [0.5, 0.6) is 0 Å². The molecule has 0 aromatic carbocycles. The Balaban J connectivity index is 4.68. The van der Waals surface area contributed by atoms with Gasteiger partial charge in [-0.25, -0.2) is 0 Å². The molecule has 0 heterocycles. The van der Waals surface area contributed by atoms with E-state index in [4.69, 9.17) is 0 Å². The topological polar surface area (TPSA) is 37.3 Å². The van der Waals surface area contributed by atoms with Gasteiger partial charge in [0.25, 0.3) is 0 Å². The van der Waals surface area contributed by atoms with Crippen LogP contribution in [0.25, 0.3) is 0 Å². The minimum atomic E-state index is -2.01. The van der Waals surface area contributed by atoms with Crippen LogP contribution in [-0.4, -0.2) is 35.4 Å². The normalized spacial score (nSPS) is 15.7. The second-order valence-corrected chi connectivity index (χ2v) is 21.5. The van der Waals surface area contributed by atoms with E-state index in [-0.39, 0.29) is 11.7 Å². The molecule has 1 N–H and O–H groups in total. The molecule has 0 rings (SSSR count). The minimum absolute atomic E-state index is 0.117. The molecule has 88 valence electrons. The molecule has 0 unspecified atom stereocenters. The molecule has 2 nitrogen and oxygen atoms in total. The molecule has 0 aliphatic carbocycles. The first kappa shape index (κ1) is 15.2. The predicted molar refractivity (Wildman–Crippen MR) is 67.8 cm³/mol. The van der Waals surface area contributed by atoms with Crippen LogP contribution in [0.15, 0.2) is 11.6 Å². The molecule has 0 fully saturated rings. The summed E-state index contributed by atoms with van der Waals surface area (Å²) in [4.78, 5) is 18.4. The molecule has 0 aromatic rings. The van der Waals surface area contributed by atoms with Gasteiger partial charge in [0.05, 0.1) is 0 Å². The summed E-state index contributed by atoms with van der Waals surface area (Å²) in [7, 11) is 0. The van der Waals surface area contributed by atoms with Gasteiger partial charge in [-0.1, -0.05) is 0 Å². The zero-order chi connectivity index (χ0) is 12.2. The van der Waals surface area contributed by atoms with Crippen molar-refractivity contribution in [3.05, 3.63) is 11.6 Å². The van der Waals surface area contributed by atoms with Crippen molar-refractivity contribution < 1.29 is 9.90 Å². The van der Waals surface area contributed by atoms with Crippen molar-refractivity contribution in [3.8, 4) is 0 Å². The quantitative estimate of drug-likeness (QED) is 0.625. The molecule has 0 saturated heterocycles. The maximum atomic E-state index is 11.5. The van der Waals surface area contributed by atoms with Crippen molar-refractivity contribution >= 4 is 24.2 Å². The summed E-state index contributed by atoms with van der Waals surface area (Å²) >= 11 is -2.01. The van der Waals surface area contributed by atoms with Crippen LogP contribution in [0.2, 0.25) is 19.3 Å². The van der Waals surface area contributed by atoms with Gasteiger partial charge >= 0.3 is 97.8 Å². The van der Waals surface area contributed by atoms with Crippen molar-refractivity contribution in [3.63, 3.8) is 0 Å². The zero-order valence-electron chi connectivity index (χ0n) is 10.8. The Morgan fingerprint density at radius 2 is 1.73 bits per heavy atom. The summed E-state index contributed by atoms with van der Waals surface area (Å²) in [5, 5.41) is 9.95. The summed E-state index contributed by atoms with van der Waals surface area (Å²) in [5.74, 6) is -0.0673. The molecule has 0 radical (unpaired) electrons. The summed E-state index contributed by atoms with van der Waals surface area (Å²) < 4.78 is 0.926. The summed E-state index contributed by atoms with van der Waals surface area (Å²) in [6.45, 7) is 5.48. The van der Waals surface area contributed by atoms with Gasteiger partial charge in [0, 0.05) is 0 Å². The summed E-state index contributed by atoms with van der Waals surface area (Å²) in [6, 6.07) is 0. The third-order valence-electron chi connectivity index (χ3n) is 2.27. The van der Waals surface area contributed by atoms with E-state index in [1.54, 1.807) is 13.0 Å². The fourth-order valence-electron chi connectivity index (χ4n) is 1.62. The Bertz CT molecular complexity index is 247. The standard InChI is InChI=1S/C9H15O2.3CH3.Sn/c1-6(2)5-9(11)7(3)8(4)10;;;;/h5,7,9,11H,3H2,1-2,4H3;3*1H3;/t7-,9-;;;;/m0..../s1. The van der Waals surface area contributed by atoms with Gasteiger partial charge in [-0.2, -0.15) is 0 Å². The van der Waals surface area contributed by atoms with Gasteiger partial charge < -0.3 is 0 Å². The van der Waals surface area contributed by atoms with E-state index < -0.39 is 24.5 Å². The van der Waals surface area contributed by atoms with Gasteiger partial charge in [0.2, 0.25) is 0 Å². The number of carbonyl (C=O) groups excluding carboxylic acids is 1. The third-order valence-corrected chi connectivity index (χ3v) is 7.02. The molecule has 0 aromatic heterocycles. The second kappa shape index (κ2) is 6.04. The van der Waals surface area contributed by atoms with Crippen molar-refractivity contribution in [1.29, 1.82) is 0 Å². The van der Waals surface area contributed by atoms with E-state index in [0.717, 1.165) is 10.0 Å². The first-order valence-corrected chi connectivity index (χ1v) is 16.0. The van der Waals surface area contributed by atoms with Crippen molar-refractivity contribution in [2.45, 2.75) is 46.1 Å². The van der Waals surface area contributed by atoms with Gasteiger partial charge in [-0.15, -0.1) is 0 Å². The van der Waals surface area contributed by atoms with E-state index in [0.29, 0.717) is 0 Å². The van der Waals surface area contributed by atoms with Crippen LogP contribution in [0.1, 0.15) is 20.8 Å². The molecular weight excluding hydrogens is 295 g/mol. The van der Waals surface area contributed by atoms with Crippen LogP contribution >= 0.6 is 0 Å². The number of hydrogen-bond acceptors (Lipinski definition) is 2. The molecule has 15 heavy (non-hydrogen) atoms. The average molecular weight is 319 g/mol. The SMILES string of the molecule is CC(=O)[C@H]([CH2][Sn]([CH3])([CH3])[CH3])[C@@H](O)C=C(C)C. The van der Waals surface area contributed by atoms with Gasteiger partial charge in [-0.3, -0.25) is 0 Å². The molecule has 0 saturated carbocycles. The number of aliphatic hydroxyl groups excluding tert-OH is 1. The molecule has 3 heteroatoms. The van der Waals surface area contributed by atoms with E-state index in [1.165, 1.54) is 0 Å². The van der Waals surface area contributed by atoms with E-state index in [2.05, 4.69) is 14.8 Å². The monoisotopic (exact) mass is 320 g/mol. The molecule has 0 aliphatic rings. The number of ketones is 1. The molecule has 0 aliphatic heterocycles. The first-order chi connectivity index (χ1) is 6.63. The second-order valence-electron chi connectivity index (χ2n) is 5.72. The Kier molecular flexibility index (Phi) is 6.11. The molecule has 0 bridgehead atoms. The third kappa shape index (κ3) is 7.12. The Hall–Kier alpha value is 0.169. The van der Waals surface area contributed by atoms with Crippen LogP contribution in [0.4, 0.5) is 0 Å². The van der Waals surface area contributed by atoms with E-state index in [1.807, 2.05) is 13.8 Å². The van der Waals surface area contributed by atoms with E-state index >= 15 is 0 Å². The number of Topliss-reactive ketones (excluding diaryl/α,β-unsaturated/α-hetero) is 1. The van der Waals surface area contributed by atoms with Gasteiger partial charge in [0.15, 0.2) is 0 Å². The number of aliphatic hydroxyl groups is 1. The fourth-order valence-corrected chi connectivity index (χ4v) is 6.90. The van der Waals surface area contributed by atoms with Crippen molar-refractivity contribution in [2.24, 2.45) is 5.92 Å². The number of carbonyl (C=O) groups is 1. The number of rotatable bonds is 5. The predicted octanol–water partition coefficient (Wildman–Crippen LogP) is 2.86.